The van der Waals surface area contributed by atoms with Gasteiger partial charge in [0.2, 0.25) is 5.91 Å². The molecule has 1 amide bonds. The van der Waals surface area contributed by atoms with Gasteiger partial charge in [-0.25, -0.2) is 0 Å². The maximum absolute atomic E-state index is 12.0. The van der Waals surface area contributed by atoms with Crippen molar-refractivity contribution in [2.45, 2.75) is 0 Å². The maximum Gasteiger partial charge on any atom is 0.243 e. The third kappa shape index (κ3) is 4.52. The summed E-state index contributed by atoms with van der Waals surface area (Å²) in [5.74, 6) is 0.244. The molecule has 0 aliphatic heterocycles. The number of hydrogen-bond donors (Lipinski definition) is 2. The fraction of sp³-hybridized carbons (Fsp3) is 0.125. The lowest BCUT2D eigenvalue weighted by Crippen LogP contribution is -2.22. The summed E-state index contributed by atoms with van der Waals surface area (Å²) in [7, 11) is 1.53. The predicted molar refractivity (Wildman–Crippen MR) is 91.3 cm³/mol. The summed E-state index contributed by atoms with van der Waals surface area (Å²) in [5.41, 5.74) is 1.30. The number of nitriles is 1. The lowest BCUT2D eigenvalue weighted by Gasteiger charge is -2.12. The summed E-state index contributed by atoms with van der Waals surface area (Å²) in [6.45, 7) is -0.0198. The Bertz CT molecular complexity index is 772. The van der Waals surface area contributed by atoms with E-state index in [1.807, 2.05) is 6.07 Å². The molecule has 0 atom stereocenters. The number of carbonyl (C=O) groups excluding carboxylic acids is 1. The molecule has 0 saturated carbocycles. The van der Waals surface area contributed by atoms with Crippen molar-refractivity contribution < 1.29 is 9.53 Å². The topological polar surface area (TPSA) is 74.2 Å². The van der Waals surface area contributed by atoms with Gasteiger partial charge in [0.1, 0.15) is 11.8 Å². The highest BCUT2D eigenvalue weighted by atomic mass is 35.5. The van der Waals surface area contributed by atoms with Crippen molar-refractivity contribution in [1.29, 1.82) is 5.26 Å². The number of nitrogens with one attached hydrogen (secondary N) is 2. The zero-order valence-corrected chi connectivity index (χ0v) is 13.7. The summed E-state index contributed by atoms with van der Waals surface area (Å²) in [6, 6.07) is 11.7. The van der Waals surface area contributed by atoms with Crippen molar-refractivity contribution in [3.63, 3.8) is 0 Å². The van der Waals surface area contributed by atoms with Crippen LogP contribution in [0, 0.1) is 11.3 Å². The van der Waals surface area contributed by atoms with Crippen LogP contribution in [0.4, 0.5) is 11.4 Å². The molecule has 2 aromatic carbocycles. The summed E-state index contributed by atoms with van der Waals surface area (Å²) < 4.78 is 5.19. The number of benzene rings is 2. The van der Waals surface area contributed by atoms with E-state index in [1.165, 1.54) is 13.2 Å². The van der Waals surface area contributed by atoms with Gasteiger partial charge in [0.25, 0.3) is 0 Å². The van der Waals surface area contributed by atoms with Gasteiger partial charge in [-0.05, 0) is 36.4 Å². The lowest BCUT2D eigenvalue weighted by molar-refractivity contribution is -0.114. The minimum Gasteiger partial charge on any atom is -0.495 e. The summed E-state index contributed by atoms with van der Waals surface area (Å²) in [4.78, 5) is 12.0. The smallest absolute Gasteiger partial charge is 0.243 e. The first-order chi connectivity index (χ1) is 11.0. The number of carbonyl (C=O) groups is 1. The first kappa shape index (κ1) is 16.9. The molecule has 2 N–H and O–H groups in total. The van der Waals surface area contributed by atoms with E-state index in [4.69, 9.17) is 33.2 Å². The molecule has 0 radical (unpaired) electrons. The van der Waals surface area contributed by atoms with Crippen molar-refractivity contribution in [2.75, 3.05) is 24.3 Å². The molecule has 0 aliphatic rings. The Labute approximate surface area is 143 Å². The average molecular weight is 350 g/mol. The molecular formula is C16H13Cl2N3O2. The van der Waals surface area contributed by atoms with E-state index in [1.54, 1.807) is 30.3 Å². The monoisotopic (exact) mass is 349 g/mol. The highest BCUT2D eigenvalue weighted by Crippen LogP contribution is 2.27. The van der Waals surface area contributed by atoms with Crippen LogP contribution in [0.3, 0.4) is 0 Å². The van der Waals surface area contributed by atoms with Crippen molar-refractivity contribution in [2.24, 2.45) is 0 Å². The number of anilines is 2. The normalized spacial score (nSPS) is 9.83. The second kappa shape index (κ2) is 7.73. The SMILES string of the molecule is COc1ccc(Cl)cc1NCC(=O)Nc1cc(Cl)ccc1C#N. The van der Waals surface area contributed by atoms with Gasteiger partial charge in [-0.15, -0.1) is 0 Å². The molecule has 0 fully saturated rings. The van der Waals surface area contributed by atoms with Gasteiger partial charge in [0, 0.05) is 10.0 Å². The van der Waals surface area contributed by atoms with Crippen molar-refractivity contribution in [3.05, 3.63) is 52.0 Å². The Morgan fingerprint density at radius 2 is 1.83 bits per heavy atom. The summed E-state index contributed by atoms with van der Waals surface area (Å²) >= 11 is 11.8. The first-order valence-electron chi connectivity index (χ1n) is 6.60. The molecule has 2 aromatic rings. The molecule has 0 bridgehead atoms. The van der Waals surface area contributed by atoms with E-state index in [9.17, 15) is 4.79 Å². The minimum absolute atomic E-state index is 0.0198. The van der Waals surface area contributed by atoms with Crippen LogP contribution in [0.5, 0.6) is 5.75 Å². The van der Waals surface area contributed by atoms with Crippen molar-refractivity contribution in [3.8, 4) is 11.8 Å². The van der Waals surface area contributed by atoms with Crippen LogP contribution < -0.4 is 15.4 Å². The standard InChI is InChI=1S/C16H13Cl2N3O2/c1-23-15-5-4-12(18)7-14(15)20-9-16(22)21-13-6-11(17)3-2-10(13)8-19/h2-7,20H,9H2,1H3,(H,21,22). The Kier molecular flexibility index (Phi) is 5.69. The number of rotatable bonds is 5. The van der Waals surface area contributed by atoms with E-state index in [2.05, 4.69) is 10.6 Å². The van der Waals surface area contributed by atoms with E-state index >= 15 is 0 Å². The Morgan fingerprint density at radius 1 is 1.17 bits per heavy atom. The van der Waals surface area contributed by atoms with Gasteiger partial charge in [0.15, 0.2) is 0 Å². The first-order valence-corrected chi connectivity index (χ1v) is 7.36. The molecule has 0 spiro atoms. The number of hydrogen-bond acceptors (Lipinski definition) is 4. The number of methoxy groups -OCH3 is 1. The number of nitrogens with zero attached hydrogens (tertiary/aromatic N) is 1. The van der Waals surface area contributed by atoms with Gasteiger partial charge in [-0.2, -0.15) is 5.26 Å². The number of amides is 1. The largest absolute Gasteiger partial charge is 0.495 e. The molecule has 0 unspecified atom stereocenters. The second-order valence-corrected chi connectivity index (χ2v) is 5.42. The fourth-order valence-corrected chi connectivity index (χ4v) is 2.25. The molecule has 5 nitrogen and oxygen atoms in total. The third-order valence-electron chi connectivity index (χ3n) is 2.98. The minimum atomic E-state index is -0.328. The van der Waals surface area contributed by atoms with Crippen LogP contribution in [0.2, 0.25) is 10.0 Å². The lowest BCUT2D eigenvalue weighted by atomic mass is 10.2. The highest BCUT2D eigenvalue weighted by Gasteiger charge is 2.09. The summed E-state index contributed by atoms with van der Waals surface area (Å²) in [5, 5.41) is 15.6. The third-order valence-corrected chi connectivity index (χ3v) is 3.45. The van der Waals surface area contributed by atoms with Crippen LogP contribution in [0.25, 0.3) is 0 Å². The molecule has 0 aliphatic carbocycles. The quantitative estimate of drug-likeness (QED) is 0.857. The number of halogens is 2. The predicted octanol–water partition coefficient (Wildman–Crippen LogP) is 3.92. The van der Waals surface area contributed by atoms with Crippen LogP contribution in [-0.2, 0) is 4.79 Å². The average Bonchev–Trinajstić information content (AvgIpc) is 2.53. The van der Waals surface area contributed by atoms with E-state index in [-0.39, 0.29) is 12.5 Å². The zero-order valence-electron chi connectivity index (χ0n) is 12.2. The van der Waals surface area contributed by atoms with Crippen LogP contribution >= 0.6 is 23.2 Å². The Balaban J connectivity index is 2.05. The molecule has 0 heterocycles. The second-order valence-electron chi connectivity index (χ2n) is 4.55. The molecule has 23 heavy (non-hydrogen) atoms. The van der Waals surface area contributed by atoms with Gasteiger partial charge in [-0.1, -0.05) is 23.2 Å². The van der Waals surface area contributed by atoms with Crippen LogP contribution in [0.1, 0.15) is 5.56 Å². The van der Waals surface area contributed by atoms with Crippen LogP contribution in [-0.4, -0.2) is 19.6 Å². The van der Waals surface area contributed by atoms with Gasteiger partial charge < -0.3 is 15.4 Å². The molecule has 118 valence electrons. The van der Waals surface area contributed by atoms with E-state index < -0.39 is 0 Å². The van der Waals surface area contributed by atoms with Crippen molar-refractivity contribution >= 4 is 40.5 Å². The Morgan fingerprint density at radius 3 is 2.48 bits per heavy atom. The fourth-order valence-electron chi connectivity index (χ4n) is 1.91. The number of ether oxygens (including phenoxy) is 1. The Hall–Kier alpha value is -2.42. The summed E-state index contributed by atoms with van der Waals surface area (Å²) in [6.07, 6.45) is 0. The van der Waals surface area contributed by atoms with Crippen LogP contribution in [0.15, 0.2) is 36.4 Å². The molecule has 7 heteroatoms. The highest BCUT2D eigenvalue weighted by molar-refractivity contribution is 6.31. The molecular weight excluding hydrogens is 337 g/mol. The molecule has 2 rings (SSSR count). The van der Waals surface area contributed by atoms with E-state index in [0.717, 1.165) is 0 Å². The maximum atomic E-state index is 12.0. The molecule has 0 aromatic heterocycles. The van der Waals surface area contributed by atoms with Gasteiger partial charge >= 0.3 is 0 Å². The van der Waals surface area contributed by atoms with Crippen molar-refractivity contribution in [1.82, 2.24) is 0 Å². The van der Waals surface area contributed by atoms with Gasteiger partial charge in [-0.3, -0.25) is 4.79 Å². The zero-order chi connectivity index (χ0) is 16.8. The molecule has 0 saturated heterocycles. The van der Waals surface area contributed by atoms with E-state index in [0.29, 0.717) is 32.7 Å². The van der Waals surface area contributed by atoms with Gasteiger partial charge in [0.05, 0.1) is 30.6 Å².